The number of rotatable bonds is 5. The van der Waals surface area contributed by atoms with Gasteiger partial charge in [-0.15, -0.1) is 11.8 Å². The topological polar surface area (TPSA) is 21.6 Å². The van der Waals surface area contributed by atoms with Gasteiger partial charge in [0.05, 0.1) is 0 Å². The summed E-state index contributed by atoms with van der Waals surface area (Å²) in [4.78, 5) is 6.63. The Morgan fingerprint density at radius 1 is 0.957 bits per heavy atom. The van der Waals surface area contributed by atoms with Crippen molar-refractivity contribution in [3.8, 4) is 0 Å². The standard InChI is InChI=1S/C20H19NOS/c1-3-22-21-20(16-11-13-17(23-2)14-12-16)19-10-6-8-15-7-4-5-9-18(15)19/h4-14H,3H2,1-2H3/b21-20-. The Kier molecular flexibility index (Phi) is 4.99. The highest BCUT2D eigenvalue weighted by Crippen LogP contribution is 2.23. The van der Waals surface area contributed by atoms with E-state index in [2.05, 4.69) is 78.1 Å². The molecule has 0 bridgehead atoms. The molecule has 3 heteroatoms. The quantitative estimate of drug-likeness (QED) is 0.359. The number of thioether (sulfide) groups is 1. The van der Waals surface area contributed by atoms with Crippen LogP contribution < -0.4 is 0 Å². The van der Waals surface area contributed by atoms with Crippen molar-refractivity contribution >= 4 is 28.2 Å². The first kappa shape index (κ1) is 15.6. The van der Waals surface area contributed by atoms with Crippen LogP contribution in [0.25, 0.3) is 10.8 Å². The molecule has 0 saturated carbocycles. The molecule has 3 aromatic rings. The lowest BCUT2D eigenvalue weighted by molar-refractivity contribution is 0.159. The molecule has 23 heavy (non-hydrogen) atoms. The van der Waals surface area contributed by atoms with E-state index in [1.165, 1.54) is 15.7 Å². The van der Waals surface area contributed by atoms with Crippen molar-refractivity contribution < 1.29 is 4.84 Å². The number of fused-ring (bicyclic) bond motifs is 1. The summed E-state index contributed by atoms with van der Waals surface area (Å²) in [6, 6.07) is 23.1. The van der Waals surface area contributed by atoms with E-state index >= 15 is 0 Å². The van der Waals surface area contributed by atoms with E-state index in [-0.39, 0.29) is 0 Å². The number of nitrogens with zero attached hydrogens (tertiary/aromatic N) is 1. The van der Waals surface area contributed by atoms with Crippen LogP contribution in [-0.2, 0) is 4.84 Å². The van der Waals surface area contributed by atoms with Crippen LogP contribution >= 0.6 is 11.8 Å². The van der Waals surface area contributed by atoms with Crippen LogP contribution in [0.2, 0.25) is 0 Å². The molecular weight excluding hydrogens is 302 g/mol. The smallest absolute Gasteiger partial charge is 0.117 e. The van der Waals surface area contributed by atoms with Crippen LogP contribution in [0.4, 0.5) is 0 Å². The Bertz CT molecular complexity index is 819. The lowest BCUT2D eigenvalue weighted by Crippen LogP contribution is -2.05. The molecule has 0 heterocycles. The monoisotopic (exact) mass is 321 g/mol. The third-order valence-corrected chi connectivity index (χ3v) is 4.44. The van der Waals surface area contributed by atoms with Gasteiger partial charge in [-0.1, -0.05) is 59.8 Å². The molecule has 0 unspecified atom stereocenters. The minimum Gasteiger partial charge on any atom is -0.396 e. The Morgan fingerprint density at radius 2 is 1.70 bits per heavy atom. The zero-order valence-electron chi connectivity index (χ0n) is 13.3. The maximum Gasteiger partial charge on any atom is 0.117 e. The molecule has 116 valence electrons. The second-order valence-electron chi connectivity index (χ2n) is 5.11. The Hall–Kier alpha value is -2.26. The summed E-state index contributed by atoms with van der Waals surface area (Å²) in [5.41, 5.74) is 3.03. The number of oxime groups is 1. The molecule has 0 aliphatic carbocycles. The highest BCUT2D eigenvalue weighted by molar-refractivity contribution is 7.98. The Morgan fingerprint density at radius 3 is 2.43 bits per heavy atom. The molecule has 0 spiro atoms. The molecular formula is C20H19NOS. The maximum atomic E-state index is 5.39. The van der Waals surface area contributed by atoms with Crippen molar-refractivity contribution in [2.45, 2.75) is 11.8 Å². The fraction of sp³-hybridized carbons (Fsp3) is 0.150. The van der Waals surface area contributed by atoms with Crippen molar-refractivity contribution in [3.05, 3.63) is 77.9 Å². The fourth-order valence-corrected chi connectivity index (χ4v) is 2.98. The minimum absolute atomic E-state index is 0.553. The molecule has 0 amide bonds. The lowest BCUT2D eigenvalue weighted by atomic mass is 9.97. The van der Waals surface area contributed by atoms with Gasteiger partial charge in [-0.05, 0) is 36.1 Å². The summed E-state index contributed by atoms with van der Waals surface area (Å²) < 4.78 is 0. The fourth-order valence-electron chi connectivity index (χ4n) is 2.57. The van der Waals surface area contributed by atoms with E-state index in [0.29, 0.717) is 6.61 Å². The SMILES string of the molecule is CCO/N=C(/c1ccc(SC)cc1)c1cccc2ccccc12. The Labute approximate surface area is 141 Å². The largest absolute Gasteiger partial charge is 0.396 e. The Balaban J connectivity index is 2.14. The van der Waals surface area contributed by atoms with Gasteiger partial charge in [0.1, 0.15) is 12.3 Å². The summed E-state index contributed by atoms with van der Waals surface area (Å²) in [7, 11) is 0. The highest BCUT2D eigenvalue weighted by Gasteiger charge is 2.11. The van der Waals surface area contributed by atoms with Crippen LogP contribution in [0.3, 0.4) is 0 Å². The van der Waals surface area contributed by atoms with Gasteiger partial charge in [0, 0.05) is 16.0 Å². The molecule has 3 aromatic carbocycles. The second kappa shape index (κ2) is 7.34. The van der Waals surface area contributed by atoms with Crippen molar-refractivity contribution in [2.75, 3.05) is 12.9 Å². The maximum absolute atomic E-state index is 5.39. The van der Waals surface area contributed by atoms with Crippen molar-refractivity contribution in [2.24, 2.45) is 5.16 Å². The van der Waals surface area contributed by atoms with Crippen LogP contribution in [0.15, 0.2) is 76.8 Å². The first-order valence-corrected chi connectivity index (χ1v) is 8.88. The first-order valence-electron chi connectivity index (χ1n) is 7.66. The summed E-state index contributed by atoms with van der Waals surface area (Å²) in [5, 5.41) is 6.78. The van der Waals surface area contributed by atoms with E-state index in [1.54, 1.807) is 11.8 Å². The normalized spacial score (nSPS) is 11.7. The molecule has 0 atom stereocenters. The molecule has 0 radical (unpaired) electrons. The van der Waals surface area contributed by atoms with Gasteiger partial charge >= 0.3 is 0 Å². The van der Waals surface area contributed by atoms with Crippen LogP contribution in [0, 0.1) is 0 Å². The number of hydrogen-bond donors (Lipinski definition) is 0. The van der Waals surface area contributed by atoms with E-state index in [0.717, 1.165) is 16.8 Å². The lowest BCUT2D eigenvalue weighted by Gasteiger charge is -2.11. The summed E-state index contributed by atoms with van der Waals surface area (Å²) >= 11 is 1.73. The van der Waals surface area contributed by atoms with Crippen LogP contribution in [0.5, 0.6) is 0 Å². The van der Waals surface area contributed by atoms with Crippen molar-refractivity contribution in [1.29, 1.82) is 0 Å². The summed E-state index contributed by atoms with van der Waals surface area (Å²) in [5.74, 6) is 0. The van der Waals surface area contributed by atoms with Gasteiger partial charge in [0.25, 0.3) is 0 Å². The molecule has 0 aromatic heterocycles. The van der Waals surface area contributed by atoms with E-state index in [4.69, 9.17) is 4.84 Å². The molecule has 2 nitrogen and oxygen atoms in total. The zero-order valence-corrected chi connectivity index (χ0v) is 14.1. The van der Waals surface area contributed by atoms with Gasteiger partial charge in [-0.2, -0.15) is 0 Å². The van der Waals surface area contributed by atoms with E-state index < -0.39 is 0 Å². The van der Waals surface area contributed by atoms with Gasteiger partial charge in [-0.25, -0.2) is 0 Å². The molecule has 0 N–H and O–H groups in total. The van der Waals surface area contributed by atoms with Crippen molar-refractivity contribution in [1.82, 2.24) is 0 Å². The number of benzene rings is 3. The summed E-state index contributed by atoms with van der Waals surface area (Å²) in [6.07, 6.45) is 2.08. The predicted octanol–water partition coefficient (Wildman–Crippen LogP) is 5.35. The second-order valence-corrected chi connectivity index (χ2v) is 5.99. The molecule has 0 fully saturated rings. The van der Waals surface area contributed by atoms with Gasteiger partial charge in [-0.3, -0.25) is 0 Å². The summed E-state index contributed by atoms with van der Waals surface area (Å²) in [6.45, 7) is 2.50. The first-order chi connectivity index (χ1) is 11.3. The van der Waals surface area contributed by atoms with E-state index in [1.807, 2.05) is 6.92 Å². The molecule has 0 aliphatic heterocycles. The molecule has 0 aliphatic rings. The predicted molar refractivity (Wildman–Crippen MR) is 99.4 cm³/mol. The highest BCUT2D eigenvalue weighted by atomic mass is 32.2. The molecule has 0 saturated heterocycles. The van der Waals surface area contributed by atoms with Gasteiger partial charge in [0.2, 0.25) is 0 Å². The number of hydrogen-bond acceptors (Lipinski definition) is 3. The van der Waals surface area contributed by atoms with Gasteiger partial charge in [0.15, 0.2) is 0 Å². The zero-order chi connectivity index (χ0) is 16.1. The third-order valence-electron chi connectivity index (χ3n) is 3.69. The molecule has 3 rings (SSSR count). The average molecular weight is 321 g/mol. The van der Waals surface area contributed by atoms with E-state index in [9.17, 15) is 0 Å². The minimum atomic E-state index is 0.553. The van der Waals surface area contributed by atoms with Crippen LogP contribution in [-0.4, -0.2) is 18.6 Å². The van der Waals surface area contributed by atoms with Gasteiger partial charge < -0.3 is 4.84 Å². The third kappa shape index (κ3) is 3.40. The van der Waals surface area contributed by atoms with Crippen LogP contribution in [0.1, 0.15) is 18.1 Å². The average Bonchev–Trinajstić information content (AvgIpc) is 2.62. The van der Waals surface area contributed by atoms with Crippen molar-refractivity contribution in [3.63, 3.8) is 0 Å².